The van der Waals surface area contributed by atoms with Crippen LogP contribution >= 0.6 is 12.4 Å². The zero-order chi connectivity index (χ0) is 16.5. The molecule has 5 heteroatoms. The van der Waals surface area contributed by atoms with Gasteiger partial charge in [0.2, 0.25) is 0 Å². The molecule has 23 heavy (non-hydrogen) atoms. The minimum Gasteiger partial charge on any atom is -0.371 e. The molecular weight excluding hydrogens is 323 g/mol. The van der Waals surface area contributed by atoms with E-state index in [0.717, 1.165) is 18.9 Å². The summed E-state index contributed by atoms with van der Waals surface area (Å²) in [6.07, 6.45) is -0.878. The lowest BCUT2D eigenvalue weighted by molar-refractivity contribution is -0.137. The van der Waals surface area contributed by atoms with Gasteiger partial charge in [-0.2, -0.15) is 13.2 Å². The second-order valence-electron chi connectivity index (χ2n) is 6.90. The molecule has 0 unspecified atom stereocenters. The van der Waals surface area contributed by atoms with E-state index >= 15 is 0 Å². The number of benzene rings is 1. The Bertz CT molecular complexity index is 576. The Labute approximate surface area is 143 Å². The molecule has 1 aromatic rings. The number of nitrogens with zero attached hydrogens (tertiary/aromatic N) is 1. The zero-order valence-corrected chi connectivity index (χ0v) is 14.9. The molecule has 0 radical (unpaired) electrons. The van der Waals surface area contributed by atoms with Crippen LogP contribution in [0.25, 0.3) is 0 Å². The molecule has 0 saturated carbocycles. The molecule has 1 aliphatic rings. The third-order valence-electron chi connectivity index (χ3n) is 4.70. The SMILES string of the molecule is CC1=C(CN(C)c2cccc(C(F)(F)F)c2)C(C)(C)CCC1.Cl. The average Bonchev–Trinajstić information content (AvgIpc) is 2.42. The summed E-state index contributed by atoms with van der Waals surface area (Å²) in [5.41, 5.74) is 2.88. The lowest BCUT2D eigenvalue weighted by Gasteiger charge is -2.37. The van der Waals surface area contributed by atoms with E-state index in [2.05, 4.69) is 20.8 Å². The van der Waals surface area contributed by atoms with Crippen molar-refractivity contribution in [3.8, 4) is 0 Å². The van der Waals surface area contributed by atoms with Gasteiger partial charge in [0, 0.05) is 19.3 Å². The summed E-state index contributed by atoms with van der Waals surface area (Å²) in [6.45, 7) is 7.28. The van der Waals surface area contributed by atoms with Crippen LogP contribution in [0.15, 0.2) is 35.4 Å². The van der Waals surface area contributed by atoms with Crippen LogP contribution in [0, 0.1) is 5.41 Å². The Hall–Kier alpha value is -1.16. The summed E-state index contributed by atoms with van der Waals surface area (Å²) >= 11 is 0. The van der Waals surface area contributed by atoms with Gasteiger partial charge < -0.3 is 4.90 Å². The summed E-state index contributed by atoms with van der Waals surface area (Å²) in [5, 5.41) is 0. The van der Waals surface area contributed by atoms with Crippen molar-refractivity contribution in [2.24, 2.45) is 5.41 Å². The van der Waals surface area contributed by atoms with Crippen LogP contribution in [0.3, 0.4) is 0 Å². The quantitative estimate of drug-likeness (QED) is 0.598. The highest BCUT2D eigenvalue weighted by atomic mass is 35.5. The van der Waals surface area contributed by atoms with Gasteiger partial charge in [0.25, 0.3) is 0 Å². The van der Waals surface area contributed by atoms with Crippen molar-refractivity contribution in [1.29, 1.82) is 0 Å². The molecule has 1 nitrogen and oxygen atoms in total. The lowest BCUT2D eigenvalue weighted by atomic mass is 9.72. The van der Waals surface area contributed by atoms with E-state index in [9.17, 15) is 13.2 Å². The number of rotatable bonds is 3. The fraction of sp³-hybridized carbons (Fsp3) is 0.556. The van der Waals surface area contributed by atoms with Gasteiger partial charge in [-0.05, 0) is 55.4 Å². The first kappa shape index (κ1) is 19.9. The van der Waals surface area contributed by atoms with Gasteiger partial charge >= 0.3 is 6.18 Å². The fourth-order valence-corrected chi connectivity index (χ4v) is 3.27. The number of anilines is 1. The molecule has 0 saturated heterocycles. The molecule has 0 N–H and O–H groups in total. The van der Waals surface area contributed by atoms with E-state index in [1.54, 1.807) is 6.07 Å². The molecular formula is C18H25ClF3N. The van der Waals surface area contributed by atoms with Crippen molar-refractivity contribution < 1.29 is 13.2 Å². The van der Waals surface area contributed by atoms with Gasteiger partial charge in [0.1, 0.15) is 0 Å². The Morgan fingerprint density at radius 3 is 2.43 bits per heavy atom. The lowest BCUT2D eigenvalue weighted by Crippen LogP contribution is -2.30. The predicted octanol–water partition coefficient (Wildman–Crippen LogP) is 6.09. The fourth-order valence-electron chi connectivity index (χ4n) is 3.27. The first-order valence-corrected chi connectivity index (χ1v) is 7.69. The molecule has 2 rings (SSSR count). The van der Waals surface area contributed by atoms with E-state index in [4.69, 9.17) is 0 Å². The first-order chi connectivity index (χ1) is 10.1. The van der Waals surface area contributed by atoms with Gasteiger partial charge in [-0.1, -0.05) is 25.5 Å². The average molecular weight is 348 g/mol. The topological polar surface area (TPSA) is 3.24 Å². The van der Waals surface area contributed by atoms with Gasteiger partial charge in [-0.25, -0.2) is 0 Å². The third-order valence-corrected chi connectivity index (χ3v) is 4.70. The Balaban J connectivity index is 0.00000264. The van der Waals surface area contributed by atoms with Crippen LogP contribution in [0.5, 0.6) is 0 Å². The Morgan fingerprint density at radius 2 is 1.87 bits per heavy atom. The van der Waals surface area contributed by atoms with Crippen LogP contribution < -0.4 is 4.90 Å². The summed E-state index contributed by atoms with van der Waals surface area (Å²) in [6, 6.07) is 5.56. The minimum atomic E-state index is -4.30. The molecule has 1 aliphatic carbocycles. The Kier molecular flexibility index (Phi) is 6.19. The monoisotopic (exact) mass is 347 g/mol. The van der Waals surface area contributed by atoms with Crippen molar-refractivity contribution in [1.82, 2.24) is 0 Å². The van der Waals surface area contributed by atoms with E-state index in [1.165, 1.54) is 29.7 Å². The number of halogens is 4. The van der Waals surface area contributed by atoms with Crippen LogP contribution in [0.2, 0.25) is 0 Å². The highest BCUT2D eigenvalue weighted by Crippen LogP contribution is 2.41. The normalized spacial score (nSPS) is 17.7. The smallest absolute Gasteiger partial charge is 0.371 e. The van der Waals surface area contributed by atoms with E-state index in [0.29, 0.717) is 12.2 Å². The number of likely N-dealkylation sites (N-methyl/N-ethyl adjacent to an activating group) is 1. The van der Waals surface area contributed by atoms with Gasteiger partial charge in [-0.15, -0.1) is 12.4 Å². The first-order valence-electron chi connectivity index (χ1n) is 7.69. The van der Waals surface area contributed by atoms with E-state index in [-0.39, 0.29) is 17.8 Å². The van der Waals surface area contributed by atoms with E-state index in [1.807, 2.05) is 11.9 Å². The van der Waals surface area contributed by atoms with Crippen molar-refractivity contribution in [3.63, 3.8) is 0 Å². The third kappa shape index (κ3) is 4.66. The van der Waals surface area contributed by atoms with Crippen LogP contribution in [-0.2, 0) is 6.18 Å². The molecule has 0 spiro atoms. The number of allylic oxidation sites excluding steroid dienone is 1. The molecule has 0 heterocycles. The van der Waals surface area contributed by atoms with E-state index < -0.39 is 11.7 Å². The van der Waals surface area contributed by atoms with Crippen molar-refractivity contribution >= 4 is 18.1 Å². The summed E-state index contributed by atoms with van der Waals surface area (Å²) < 4.78 is 38.5. The Morgan fingerprint density at radius 1 is 1.22 bits per heavy atom. The number of hydrogen-bond donors (Lipinski definition) is 0. The molecule has 0 atom stereocenters. The summed E-state index contributed by atoms with van der Waals surface area (Å²) in [7, 11) is 1.86. The maximum Gasteiger partial charge on any atom is 0.416 e. The molecule has 0 bridgehead atoms. The second kappa shape index (κ2) is 7.16. The van der Waals surface area contributed by atoms with Crippen molar-refractivity contribution in [3.05, 3.63) is 41.0 Å². The van der Waals surface area contributed by atoms with Crippen LogP contribution in [0.4, 0.5) is 18.9 Å². The van der Waals surface area contributed by atoms with Crippen LogP contribution in [-0.4, -0.2) is 13.6 Å². The number of hydrogen-bond acceptors (Lipinski definition) is 1. The predicted molar refractivity (Wildman–Crippen MR) is 92.3 cm³/mol. The summed E-state index contributed by atoms with van der Waals surface area (Å²) in [5.74, 6) is 0. The van der Waals surface area contributed by atoms with Crippen LogP contribution in [0.1, 0.15) is 45.6 Å². The highest BCUT2D eigenvalue weighted by Gasteiger charge is 2.32. The number of alkyl halides is 3. The molecule has 0 amide bonds. The van der Waals surface area contributed by atoms with Crippen molar-refractivity contribution in [2.75, 3.05) is 18.5 Å². The van der Waals surface area contributed by atoms with Gasteiger partial charge in [0.15, 0.2) is 0 Å². The summed E-state index contributed by atoms with van der Waals surface area (Å²) in [4.78, 5) is 1.92. The molecule has 0 aromatic heterocycles. The highest BCUT2D eigenvalue weighted by molar-refractivity contribution is 5.85. The van der Waals surface area contributed by atoms with Gasteiger partial charge in [-0.3, -0.25) is 0 Å². The molecule has 130 valence electrons. The zero-order valence-electron chi connectivity index (χ0n) is 14.1. The minimum absolute atomic E-state index is 0. The van der Waals surface area contributed by atoms with Gasteiger partial charge in [0.05, 0.1) is 5.56 Å². The maximum atomic E-state index is 12.8. The van der Waals surface area contributed by atoms with Crippen molar-refractivity contribution in [2.45, 2.75) is 46.2 Å². The largest absolute Gasteiger partial charge is 0.416 e. The maximum absolute atomic E-state index is 12.8. The molecule has 0 aliphatic heterocycles. The standard InChI is InChI=1S/C18H24F3N.ClH/c1-13-7-6-10-17(2,3)16(13)12-22(4)15-9-5-8-14(11-15)18(19,20)21;/h5,8-9,11H,6-7,10,12H2,1-4H3;1H. The second-order valence-corrected chi connectivity index (χ2v) is 6.90. The molecule has 0 fully saturated rings. The molecule has 1 aromatic carbocycles.